The number of amides is 1. The standard InChI is InChI=1S/C26H32N2O6S/c1-17(2)18-7-9-19(10-8-18)23-22(25(30)26(31)28(23)15-6-16-34-5)24(29)20-11-13-21(14-12-20)35(32,33)27(3)4/h7-14,17,23,29H,6,15-16H2,1-5H3/t23-/m1/s1. The third kappa shape index (κ3) is 5.32. The van der Waals surface area contributed by atoms with Gasteiger partial charge in [-0.2, -0.15) is 0 Å². The maximum atomic E-state index is 13.1. The molecule has 9 heteroatoms. The van der Waals surface area contributed by atoms with Crippen molar-refractivity contribution in [1.82, 2.24) is 9.21 Å². The van der Waals surface area contributed by atoms with Crippen LogP contribution in [0.25, 0.3) is 5.76 Å². The van der Waals surface area contributed by atoms with Crippen LogP contribution < -0.4 is 0 Å². The Bertz CT molecular complexity index is 1220. The fraction of sp³-hybridized carbons (Fsp3) is 0.385. The second kappa shape index (κ2) is 10.7. The number of aliphatic hydroxyl groups excluding tert-OH is 1. The van der Waals surface area contributed by atoms with Gasteiger partial charge in [0.05, 0.1) is 16.5 Å². The van der Waals surface area contributed by atoms with E-state index >= 15 is 0 Å². The van der Waals surface area contributed by atoms with Crippen LogP contribution in [0.3, 0.4) is 0 Å². The van der Waals surface area contributed by atoms with Crippen LogP contribution in [0.15, 0.2) is 59.0 Å². The molecule has 188 valence electrons. The molecule has 1 aliphatic rings. The normalized spacial score (nSPS) is 18.1. The minimum Gasteiger partial charge on any atom is -0.507 e. The summed E-state index contributed by atoms with van der Waals surface area (Å²) in [5, 5.41) is 11.2. The van der Waals surface area contributed by atoms with Crippen LogP contribution in [0.2, 0.25) is 0 Å². The van der Waals surface area contributed by atoms with Crippen molar-refractivity contribution in [3.8, 4) is 0 Å². The molecule has 0 bridgehead atoms. The molecule has 35 heavy (non-hydrogen) atoms. The van der Waals surface area contributed by atoms with Crippen LogP contribution >= 0.6 is 0 Å². The summed E-state index contributed by atoms with van der Waals surface area (Å²) in [7, 11) is 0.775. The van der Waals surface area contributed by atoms with E-state index in [1.54, 1.807) is 7.11 Å². The van der Waals surface area contributed by atoms with E-state index in [0.717, 1.165) is 9.87 Å². The molecule has 1 aliphatic heterocycles. The van der Waals surface area contributed by atoms with Crippen LogP contribution in [-0.2, 0) is 24.3 Å². The van der Waals surface area contributed by atoms with Gasteiger partial charge in [-0.3, -0.25) is 9.59 Å². The molecule has 0 unspecified atom stereocenters. The third-order valence-electron chi connectivity index (χ3n) is 6.11. The molecule has 3 rings (SSSR count). The highest BCUT2D eigenvalue weighted by molar-refractivity contribution is 7.89. The quantitative estimate of drug-likeness (QED) is 0.245. The summed E-state index contributed by atoms with van der Waals surface area (Å²) >= 11 is 0. The minimum atomic E-state index is -3.65. The predicted molar refractivity (Wildman–Crippen MR) is 133 cm³/mol. The molecule has 1 heterocycles. The topological polar surface area (TPSA) is 104 Å². The largest absolute Gasteiger partial charge is 0.507 e. The summed E-state index contributed by atoms with van der Waals surface area (Å²) in [6.45, 7) is 4.85. The summed E-state index contributed by atoms with van der Waals surface area (Å²) in [5.74, 6) is -1.49. The fourth-order valence-corrected chi connectivity index (χ4v) is 4.95. The zero-order valence-electron chi connectivity index (χ0n) is 20.7. The maximum Gasteiger partial charge on any atom is 0.295 e. The molecule has 2 aromatic rings. The number of Topliss-reactive ketones (excluding diaryl/α,β-unsaturated/α-hetero) is 1. The third-order valence-corrected chi connectivity index (χ3v) is 7.94. The Morgan fingerprint density at radius 1 is 1.06 bits per heavy atom. The van der Waals surface area contributed by atoms with E-state index in [4.69, 9.17) is 4.74 Å². The van der Waals surface area contributed by atoms with E-state index in [1.807, 2.05) is 24.3 Å². The van der Waals surface area contributed by atoms with Gasteiger partial charge < -0.3 is 14.7 Å². The molecule has 8 nitrogen and oxygen atoms in total. The number of likely N-dealkylation sites (tertiary alicyclic amines) is 1. The molecule has 0 spiro atoms. The van der Waals surface area contributed by atoms with E-state index in [0.29, 0.717) is 24.5 Å². The van der Waals surface area contributed by atoms with E-state index in [2.05, 4.69) is 13.8 Å². The van der Waals surface area contributed by atoms with Crippen molar-refractivity contribution in [2.24, 2.45) is 0 Å². The number of ether oxygens (including phenoxy) is 1. The minimum absolute atomic E-state index is 0.0204. The number of sulfonamides is 1. The van der Waals surface area contributed by atoms with Gasteiger partial charge in [0.15, 0.2) is 0 Å². The van der Waals surface area contributed by atoms with Crippen molar-refractivity contribution in [2.45, 2.75) is 37.1 Å². The Hall–Kier alpha value is -3.01. The van der Waals surface area contributed by atoms with Crippen LogP contribution in [0.5, 0.6) is 0 Å². The van der Waals surface area contributed by atoms with Crippen molar-refractivity contribution < 1.29 is 27.9 Å². The van der Waals surface area contributed by atoms with E-state index in [-0.39, 0.29) is 28.3 Å². The van der Waals surface area contributed by atoms with E-state index in [9.17, 15) is 23.1 Å². The second-order valence-electron chi connectivity index (χ2n) is 8.97. The molecular formula is C26H32N2O6S. The highest BCUT2D eigenvalue weighted by Gasteiger charge is 2.45. The van der Waals surface area contributed by atoms with Crippen LogP contribution in [0, 0.1) is 0 Å². The summed E-state index contributed by atoms with van der Waals surface area (Å²) in [4.78, 5) is 27.6. The highest BCUT2D eigenvalue weighted by Crippen LogP contribution is 2.40. The Balaban J connectivity index is 2.10. The number of methoxy groups -OCH3 is 1. The van der Waals surface area contributed by atoms with Gasteiger partial charge in [0.25, 0.3) is 11.7 Å². The average Bonchev–Trinajstić information content (AvgIpc) is 3.08. The molecule has 2 aromatic carbocycles. The second-order valence-corrected chi connectivity index (χ2v) is 11.1. The van der Waals surface area contributed by atoms with E-state index < -0.39 is 27.8 Å². The Morgan fingerprint density at radius 3 is 2.17 bits per heavy atom. The first-order valence-electron chi connectivity index (χ1n) is 11.4. The van der Waals surface area contributed by atoms with Gasteiger partial charge in [0, 0.05) is 39.9 Å². The molecule has 1 fully saturated rings. The van der Waals surface area contributed by atoms with Crippen LogP contribution in [0.4, 0.5) is 0 Å². The first-order chi connectivity index (χ1) is 16.5. The van der Waals surface area contributed by atoms with Gasteiger partial charge in [-0.05, 0) is 47.7 Å². The number of benzene rings is 2. The average molecular weight is 501 g/mol. The number of aliphatic hydroxyl groups is 1. The lowest BCUT2D eigenvalue weighted by Crippen LogP contribution is -2.31. The Morgan fingerprint density at radius 2 is 1.66 bits per heavy atom. The summed E-state index contributed by atoms with van der Waals surface area (Å²) in [6.07, 6.45) is 0.529. The number of rotatable bonds is 9. The van der Waals surface area contributed by atoms with Crippen molar-refractivity contribution in [3.05, 3.63) is 70.8 Å². The van der Waals surface area contributed by atoms with Gasteiger partial charge in [0.1, 0.15) is 5.76 Å². The van der Waals surface area contributed by atoms with Crippen molar-refractivity contribution >= 4 is 27.5 Å². The number of carbonyl (C=O) groups excluding carboxylic acids is 2. The van der Waals surface area contributed by atoms with Crippen molar-refractivity contribution in [1.29, 1.82) is 0 Å². The lowest BCUT2D eigenvalue weighted by Gasteiger charge is -2.25. The van der Waals surface area contributed by atoms with Gasteiger partial charge in [-0.1, -0.05) is 38.1 Å². The maximum absolute atomic E-state index is 13.1. The molecule has 0 saturated carbocycles. The number of nitrogens with zero attached hydrogens (tertiary/aromatic N) is 2. The molecule has 0 aliphatic carbocycles. The molecule has 1 amide bonds. The molecule has 0 aromatic heterocycles. The zero-order valence-corrected chi connectivity index (χ0v) is 21.5. The molecule has 1 N–H and O–H groups in total. The first kappa shape index (κ1) is 26.6. The SMILES string of the molecule is COCCCN1C(=O)C(=O)C(=C(O)c2ccc(S(=O)(=O)N(C)C)cc2)[C@H]1c1ccc(C(C)C)cc1. The summed E-state index contributed by atoms with van der Waals surface area (Å²) < 4.78 is 31.0. The summed E-state index contributed by atoms with van der Waals surface area (Å²) in [5.41, 5.74) is 2.05. The fourth-order valence-electron chi connectivity index (χ4n) is 4.05. The Kier molecular flexibility index (Phi) is 8.15. The number of hydrogen-bond acceptors (Lipinski definition) is 6. The number of carbonyl (C=O) groups is 2. The number of hydrogen-bond donors (Lipinski definition) is 1. The number of ketones is 1. The first-order valence-corrected chi connectivity index (χ1v) is 12.8. The van der Waals surface area contributed by atoms with Gasteiger partial charge >= 0.3 is 0 Å². The van der Waals surface area contributed by atoms with Crippen molar-refractivity contribution in [3.63, 3.8) is 0 Å². The lowest BCUT2D eigenvalue weighted by atomic mass is 9.93. The van der Waals surface area contributed by atoms with Gasteiger partial charge in [-0.25, -0.2) is 12.7 Å². The van der Waals surface area contributed by atoms with Crippen LogP contribution in [-0.4, -0.2) is 68.8 Å². The molecule has 1 atom stereocenters. The smallest absolute Gasteiger partial charge is 0.295 e. The zero-order chi connectivity index (χ0) is 25.9. The van der Waals surface area contributed by atoms with Crippen molar-refractivity contribution in [2.75, 3.05) is 34.4 Å². The van der Waals surface area contributed by atoms with E-state index in [1.165, 1.54) is 43.3 Å². The van der Waals surface area contributed by atoms with Crippen LogP contribution in [0.1, 0.15) is 48.9 Å². The highest BCUT2D eigenvalue weighted by atomic mass is 32.2. The van der Waals surface area contributed by atoms with Gasteiger partial charge in [-0.15, -0.1) is 0 Å². The molecular weight excluding hydrogens is 468 g/mol. The molecule has 0 radical (unpaired) electrons. The predicted octanol–water partition coefficient (Wildman–Crippen LogP) is 3.52. The monoisotopic (exact) mass is 500 g/mol. The van der Waals surface area contributed by atoms with Gasteiger partial charge in [0.2, 0.25) is 10.0 Å². The summed E-state index contributed by atoms with van der Waals surface area (Å²) in [6, 6.07) is 12.5. The lowest BCUT2D eigenvalue weighted by molar-refractivity contribution is -0.140. The Labute approximate surface area is 206 Å². The molecule has 1 saturated heterocycles.